The number of nitrogens with zero attached hydrogens (tertiary/aromatic N) is 3. The SMILES string of the molecule is NC1(c2c(Cl)cccc2Cl)Nc2c(Nc3ccc(S(=O)(=O)N4CCCC4)cc3)ncnc2S1. The highest BCUT2D eigenvalue weighted by Crippen LogP contribution is 2.52. The highest BCUT2D eigenvalue weighted by atomic mass is 35.5. The molecule has 5 rings (SSSR count). The first-order chi connectivity index (χ1) is 15.8. The number of rotatable bonds is 5. The summed E-state index contributed by atoms with van der Waals surface area (Å²) in [4.78, 5) is 7.81. The van der Waals surface area contributed by atoms with E-state index in [2.05, 4.69) is 20.6 Å². The van der Waals surface area contributed by atoms with Crippen LogP contribution in [0.15, 0.2) is 58.7 Å². The largest absolute Gasteiger partial charge is 0.350 e. The Morgan fingerprint density at radius 3 is 2.39 bits per heavy atom. The zero-order chi connectivity index (χ0) is 23.2. The van der Waals surface area contributed by atoms with Crippen molar-refractivity contribution in [3.8, 4) is 0 Å². The molecule has 0 radical (unpaired) electrons. The highest BCUT2D eigenvalue weighted by Gasteiger charge is 2.41. The van der Waals surface area contributed by atoms with Crippen molar-refractivity contribution in [2.24, 2.45) is 5.73 Å². The van der Waals surface area contributed by atoms with Crippen molar-refractivity contribution < 1.29 is 8.42 Å². The fourth-order valence-electron chi connectivity index (χ4n) is 3.91. The van der Waals surface area contributed by atoms with Crippen LogP contribution in [0.1, 0.15) is 18.4 Å². The summed E-state index contributed by atoms with van der Waals surface area (Å²) in [6.07, 6.45) is 3.22. The molecule has 0 saturated carbocycles. The van der Waals surface area contributed by atoms with E-state index in [1.54, 1.807) is 42.5 Å². The average molecular weight is 523 g/mol. The summed E-state index contributed by atoms with van der Waals surface area (Å²) >= 11 is 14.1. The zero-order valence-electron chi connectivity index (χ0n) is 17.3. The number of aromatic nitrogens is 2. The lowest BCUT2D eigenvalue weighted by atomic mass is 10.1. The number of fused-ring (bicyclic) bond motifs is 1. The first kappa shape index (κ1) is 22.7. The third-order valence-electron chi connectivity index (χ3n) is 5.53. The van der Waals surface area contributed by atoms with Crippen molar-refractivity contribution in [2.75, 3.05) is 23.7 Å². The standard InChI is InChI=1S/C21H20Cl2N6O2S2/c22-15-4-3-5-16(23)17(15)21(24)28-18-19(25-12-26-20(18)32-21)27-13-6-8-14(9-7-13)33(30,31)29-10-1-2-11-29/h3-9,12,28H,1-2,10-11,24H2,(H,25,26,27). The van der Waals surface area contributed by atoms with Crippen molar-refractivity contribution in [2.45, 2.75) is 27.8 Å². The minimum absolute atomic E-state index is 0.269. The van der Waals surface area contributed by atoms with Gasteiger partial charge < -0.3 is 10.6 Å². The van der Waals surface area contributed by atoms with E-state index in [1.807, 2.05) is 0 Å². The third kappa shape index (κ3) is 4.16. The molecule has 1 unspecified atom stereocenters. The van der Waals surface area contributed by atoms with Crippen molar-refractivity contribution in [1.82, 2.24) is 14.3 Å². The van der Waals surface area contributed by atoms with Gasteiger partial charge in [-0.3, -0.25) is 5.73 Å². The summed E-state index contributed by atoms with van der Waals surface area (Å²) in [5, 5.41) is 7.98. The molecule has 172 valence electrons. The lowest BCUT2D eigenvalue weighted by molar-refractivity contribution is 0.477. The number of nitrogens with one attached hydrogen (secondary N) is 2. The Hall–Kier alpha value is -2.08. The Morgan fingerprint density at radius 2 is 1.73 bits per heavy atom. The molecule has 2 aliphatic heterocycles. The van der Waals surface area contributed by atoms with Gasteiger partial charge in [-0.05, 0) is 49.2 Å². The maximum atomic E-state index is 12.8. The minimum Gasteiger partial charge on any atom is -0.350 e. The van der Waals surface area contributed by atoms with Crippen LogP contribution in [0, 0.1) is 0 Å². The van der Waals surface area contributed by atoms with E-state index in [4.69, 9.17) is 28.9 Å². The Kier molecular flexibility index (Phi) is 5.92. The highest BCUT2D eigenvalue weighted by molar-refractivity contribution is 8.00. The summed E-state index contributed by atoms with van der Waals surface area (Å²) in [5.74, 6) is 0.498. The lowest BCUT2D eigenvalue weighted by Gasteiger charge is -2.26. The fourth-order valence-corrected chi connectivity index (χ4v) is 7.36. The van der Waals surface area contributed by atoms with Crippen LogP contribution in [0.25, 0.3) is 0 Å². The molecule has 3 heterocycles. The first-order valence-corrected chi connectivity index (χ1v) is 13.2. The van der Waals surface area contributed by atoms with Crippen LogP contribution in [-0.2, 0) is 15.0 Å². The van der Waals surface area contributed by atoms with E-state index in [9.17, 15) is 8.42 Å². The van der Waals surface area contributed by atoms with E-state index >= 15 is 0 Å². The molecule has 0 spiro atoms. The second kappa shape index (κ2) is 8.61. The van der Waals surface area contributed by atoms with Crippen molar-refractivity contribution in [3.05, 3.63) is 64.4 Å². The quantitative estimate of drug-likeness (QED) is 0.416. The van der Waals surface area contributed by atoms with Crippen LogP contribution in [-0.4, -0.2) is 35.8 Å². The predicted octanol–water partition coefficient (Wildman–Crippen LogP) is 4.60. The van der Waals surface area contributed by atoms with Crippen LogP contribution in [0.3, 0.4) is 0 Å². The normalized spacial score (nSPS) is 20.5. The number of nitrogens with two attached hydrogens (primary N) is 1. The topological polar surface area (TPSA) is 113 Å². The Labute approximate surface area is 205 Å². The molecule has 0 aliphatic carbocycles. The van der Waals surface area contributed by atoms with E-state index < -0.39 is 15.0 Å². The second-order valence-corrected chi connectivity index (χ2v) is 11.7. The van der Waals surface area contributed by atoms with E-state index in [0.717, 1.165) is 12.8 Å². The molecule has 0 amide bonds. The first-order valence-electron chi connectivity index (χ1n) is 10.2. The summed E-state index contributed by atoms with van der Waals surface area (Å²) in [5.41, 5.74) is 8.47. The molecule has 1 saturated heterocycles. The molecular formula is C21H20Cl2N6O2S2. The average Bonchev–Trinajstić information content (AvgIpc) is 3.43. The van der Waals surface area contributed by atoms with Gasteiger partial charge in [0.25, 0.3) is 0 Å². The fraction of sp³-hybridized carbons (Fsp3) is 0.238. The summed E-state index contributed by atoms with van der Waals surface area (Å²) < 4.78 is 27.0. The van der Waals surface area contributed by atoms with Crippen molar-refractivity contribution in [3.63, 3.8) is 0 Å². The van der Waals surface area contributed by atoms with Crippen LogP contribution in [0.2, 0.25) is 10.0 Å². The van der Waals surface area contributed by atoms with Gasteiger partial charge in [0.05, 0.1) is 4.90 Å². The van der Waals surface area contributed by atoms with Gasteiger partial charge in [-0.25, -0.2) is 18.4 Å². The van der Waals surface area contributed by atoms with Gasteiger partial charge in [0.1, 0.15) is 17.0 Å². The number of thioether (sulfide) groups is 1. The van der Waals surface area contributed by atoms with Gasteiger partial charge in [-0.15, -0.1) is 0 Å². The van der Waals surface area contributed by atoms with E-state index in [1.165, 1.54) is 22.4 Å². The monoisotopic (exact) mass is 522 g/mol. The number of benzene rings is 2. The van der Waals surface area contributed by atoms with Gasteiger partial charge in [-0.2, -0.15) is 4.31 Å². The van der Waals surface area contributed by atoms with Gasteiger partial charge in [0, 0.05) is 34.4 Å². The Bertz CT molecular complexity index is 1300. The zero-order valence-corrected chi connectivity index (χ0v) is 20.4. The minimum atomic E-state index is -3.47. The molecule has 1 atom stereocenters. The Morgan fingerprint density at radius 1 is 1.06 bits per heavy atom. The molecule has 12 heteroatoms. The molecular weight excluding hydrogens is 503 g/mol. The maximum absolute atomic E-state index is 12.8. The Balaban J connectivity index is 1.40. The van der Waals surface area contributed by atoms with Gasteiger partial charge >= 0.3 is 0 Å². The van der Waals surface area contributed by atoms with Crippen LogP contribution < -0.4 is 16.4 Å². The molecule has 3 aromatic rings. The van der Waals surface area contributed by atoms with E-state index in [-0.39, 0.29) is 4.90 Å². The number of anilines is 3. The molecule has 2 aliphatic rings. The summed E-state index contributed by atoms with van der Waals surface area (Å²) in [6, 6.07) is 11.8. The second-order valence-electron chi connectivity index (χ2n) is 7.72. The number of hydrogen-bond acceptors (Lipinski definition) is 8. The third-order valence-corrected chi connectivity index (χ3v) is 9.21. The van der Waals surface area contributed by atoms with Crippen molar-refractivity contribution >= 4 is 62.2 Å². The molecule has 0 bridgehead atoms. The number of sulfonamides is 1. The molecule has 1 fully saturated rings. The van der Waals surface area contributed by atoms with Crippen LogP contribution in [0.4, 0.5) is 17.2 Å². The van der Waals surface area contributed by atoms with Gasteiger partial charge in [0.15, 0.2) is 10.8 Å². The number of halogens is 2. The lowest BCUT2D eigenvalue weighted by Crippen LogP contribution is -2.39. The van der Waals surface area contributed by atoms with Crippen molar-refractivity contribution in [1.29, 1.82) is 0 Å². The van der Waals surface area contributed by atoms with Gasteiger partial charge in [0.2, 0.25) is 10.0 Å². The maximum Gasteiger partial charge on any atom is 0.243 e. The molecule has 4 N–H and O–H groups in total. The number of hydrogen-bond donors (Lipinski definition) is 3. The van der Waals surface area contributed by atoms with Crippen LogP contribution >= 0.6 is 35.0 Å². The molecule has 2 aromatic carbocycles. The predicted molar refractivity (Wildman–Crippen MR) is 132 cm³/mol. The van der Waals surface area contributed by atoms with Crippen LogP contribution in [0.5, 0.6) is 0 Å². The molecule has 8 nitrogen and oxygen atoms in total. The van der Waals surface area contributed by atoms with Gasteiger partial charge in [-0.1, -0.05) is 41.0 Å². The smallest absolute Gasteiger partial charge is 0.243 e. The summed E-state index contributed by atoms with van der Waals surface area (Å²) in [7, 11) is -3.47. The van der Waals surface area contributed by atoms with E-state index in [0.29, 0.717) is 50.9 Å². The summed E-state index contributed by atoms with van der Waals surface area (Å²) in [6.45, 7) is 1.13. The molecule has 33 heavy (non-hydrogen) atoms. The molecule has 1 aromatic heterocycles.